The van der Waals surface area contributed by atoms with Crippen molar-refractivity contribution in [1.29, 1.82) is 0 Å². The van der Waals surface area contributed by atoms with E-state index in [1.54, 1.807) is 0 Å². The third-order valence-corrected chi connectivity index (χ3v) is 13.2. The monoisotopic (exact) mass is 747 g/mol. The number of amides is 3. The van der Waals surface area contributed by atoms with Gasteiger partial charge in [-0.25, -0.2) is 14.8 Å². The van der Waals surface area contributed by atoms with Crippen molar-refractivity contribution in [2.45, 2.75) is 97.7 Å². The number of carbonyl (C=O) groups is 3. The van der Waals surface area contributed by atoms with Crippen LogP contribution < -0.4 is 5.32 Å². The second kappa shape index (κ2) is 15.1. The molecular weight excluding hydrogens is 691 g/mol. The van der Waals surface area contributed by atoms with Crippen molar-refractivity contribution in [3.05, 3.63) is 71.7 Å². The number of allylic oxidation sites excluding steroid dienone is 4. The van der Waals surface area contributed by atoms with Gasteiger partial charge in [-0.05, 0) is 102 Å². The molecule has 2 aliphatic heterocycles. The molecule has 11 nitrogen and oxygen atoms in total. The highest BCUT2D eigenvalue weighted by Crippen LogP contribution is 2.63. The molecule has 1 aromatic carbocycles. The minimum absolute atomic E-state index is 0.0303. The first-order valence-electron chi connectivity index (χ1n) is 20.6. The number of nitrogens with zero attached hydrogens (tertiary/aromatic N) is 4. The molecule has 8 unspecified atom stereocenters. The maximum Gasteiger partial charge on any atom is 0.407 e. The smallest absolute Gasteiger partial charge is 0.407 e. The van der Waals surface area contributed by atoms with Crippen molar-refractivity contribution in [1.82, 2.24) is 35.1 Å². The average molecular weight is 748 g/mol. The summed E-state index contributed by atoms with van der Waals surface area (Å²) in [6, 6.07) is 8.05. The molecule has 3 aliphatic carbocycles. The van der Waals surface area contributed by atoms with Crippen molar-refractivity contribution in [3.63, 3.8) is 0 Å². The molecule has 4 fully saturated rings. The van der Waals surface area contributed by atoms with Crippen LogP contribution in [0.25, 0.3) is 22.4 Å². The first-order chi connectivity index (χ1) is 26.5. The van der Waals surface area contributed by atoms with Crippen molar-refractivity contribution in [3.8, 4) is 11.3 Å². The predicted octanol–water partition coefficient (Wildman–Crippen LogP) is 7.94. The van der Waals surface area contributed by atoms with E-state index >= 15 is 0 Å². The number of aromatic nitrogens is 4. The van der Waals surface area contributed by atoms with E-state index in [2.05, 4.69) is 72.5 Å². The zero-order valence-electron chi connectivity index (χ0n) is 33.2. The highest BCUT2D eigenvalue weighted by molar-refractivity contribution is 5.86. The molecule has 2 saturated heterocycles. The predicted molar refractivity (Wildman–Crippen MR) is 212 cm³/mol. The summed E-state index contributed by atoms with van der Waals surface area (Å²) in [7, 11) is 1.31. The molecule has 8 rings (SSSR count). The molecule has 8 atom stereocenters. The lowest BCUT2D eigenvalue weighted by Crippen LogP contribution is -2.51. The second-order valence-electron chi connectivity index (χ2n) is 17.5. The van der Waals surface area contributed by atoms with Crippen LogP contribution in [0.5, 0.6) is 0 Å². The van der Waals surface area contributed by atoms with Gasteiger partial charge in [-0.1, -0.05) is 71.0 Å². The second-order valence-corrected chi connectivity index (χ2v) is 17.5. The van der Waals surface area contributed by atoms with Gasteiger partial charge in [0, 0.05) is 19.5 Å². The number of hydrogen-bond donors (Lipinski definition) is 3. The molecule has 11 heteroatoms. The molecule has 3 N–H and O–H groups in total. The Balaban J connectivity index is 1.02. The van der Waals surface area contributed by atoms with Gasteiger partial charge >= 0.3 is 6.09 Å². The summed E-state index contributed by atoms with van der Waals surface area (Å²) in [5, 5.41) is 2.73. The van der Waals surface area contributed by atoms with Gasteiger partial charge in [-0.3, -0.25) is 9.59 Å². The lowest BCUT2D eigenvalue weighted by Gasteiger charge is -2.39. The van der Waals surface area contributed by atoms with Crippen molar-refractivity contribution < 1.29 is 19.1 Å². The van der Waals surface area contributed by atoms with Gasteiger partial charge in [0.25, 0.3) is 0 Å². The van der Waals surface area contributed by atoms with E-state index in [-0.39, 0.29) is 29.8 Å². The summed E-state index contributed by atoms with van der Waals surface area (Å²) in [4.78, 5) is 59.5. The number of methoxy groups -OCH3 is 1. The van der Waals surface area contributed by atoms with Crippen LogP contribution in [-0.4, -0.2) is 73.9 Å². The molecule has 4 heterocycles. The SMILES string of the molecule is COC(=O)NC(C(=O)N1CCCC1c1ncc(-c2ccc(C3=CC=C(c4cnc(C5CCCN5C(=O)CC(C)C)[nH]4)C4C5CC(C)C(C5)C34)cc2)[nH]1)C(C)C. The van der Waals surface area contributed by atoms with E-state index in [0.29, 0.717) is 48.5 Å². The number of H-pyrrole nitrogens is 2. The Morgan fingerprint density at radius 3 is 2.13 bits per heavy atom. The molecule has 2 saturated carbocycles. The number of alkyl carbamates (subject to hydrolysis) is 1. The van der Waals surface area contributed by atoms with Gasteiger partial charge in [0.2, 0.25) is 11.8 Å². The number of aromatic amines is 2. The van der Waals surface area contributed by atoms with Crippen LogP contribution in [0.4, 0.5) is 4.79 Å². The Kier molecular flexibility index (Phi) is 10.2. The number of likely N-dealkylation sites (tertiary alicyclic amines) is 2. The molecule has 55 heavy (non-hydrogen) atoms. The van der Waals surface area contributed by atoms with Crippen LogP contribution in [0.1, 0.15) is 115 Å². The van der Waals surface area contributed by atoms with Crippen LogP contribution in [0.15, 0.2) is 48.8 Å². The zero-order chi connectivity index (χ0) is 38.5. The largest absolute Gasteiger partial charge is 0.453 e. The third kappa shape index (κ3) is 6.92. The highest BCUT2D eigenvalue weighted by Gasteiger charge is 2.54. The molecular formula is C44H57N7O4. The first-order valence-corrected chi connectivity index (χ1v) is 20.6. The summed E-state index contributed by atoms with van der Waals surface area (Å²) in [5.41, 5.74) is 7.12. The fraction of sp³-hybridized carbons (Fsp3) is 0.568. The number of hydrogen-bond acceptors (Lipinski definition) is 6. The number of fused-ring (bicyclic) bond motifs is 5. The standard InChI is InChI=1S/C44H57N7O4/c1-24(2)19-37(52)50-17-7-9-35(50)41-46-23-34(48-41)31-16-15-30(39-32-21-29(38(31)39)20-26(32)5)27-11-13-28(14-12-27)33-22-45-42(47-33)36-10-8-18-51(36)43(53)40(25(3)4)49-44(54)55-6/h11-16,22-26,29,32,35-36,38-40H,7-10,17-21H2,1-6H3,(H,45,47)(H,46,48)(H,49,54). The van der Waals surface area contributed by atoms with E-state index < -0.39 is 12.1 Å². The summed E-state index contributed by atoms with van der Waals surface area (Å²) in [6.45, 7) is 11.9. The Morgan fingerprint density at radius 1 is 0.836 bits per heavy atom. The molecule has 0 radical (unpaired) electrons. The van der Waals surface area contributed by atoms with E-state index in [4.69, 9.17) is 14.7 Å². The normalized spacial score (nSPS) is 27.7. The fourth-order valence-electron chi connectivity index (χ4n) is 10.7. The third-order valence-electron chi connectivity index (χ3n) is 13.2. The number of nitrogens with one attached hydrogen (secondary N) is 3. The molecule has 2 aromatic heterocycles. The number of imidazole rings is 2. The molecule has 3 amide bonds. The molecule has 3 aromatic rings. The van der Waals surface area contributed by atoms with E-state index in [9.17, 15) is 14.4 Å². The van der Waals surface area contributed by atoms with Gasteiger partial charge in [-0.2, -0.15) is 0 Å². The first kappa shape index (κ1) is 37.3. The number of benzene rings is 1. The van der Waals surface area contributed by atoms with Crippen LogP contribution in [0.2, 0.25) is 0 Å². The lowest BCUT2D eigenvalue weighted by atomic mass is 9.65. The summed E-state index contributed by atoms with van der Waals surface area (Å²) in [6.07, 6.45) is 14.7. The zero-order valence-corrected chi connectivity index (χ0v) is 33.2. The van der Waals surface area contributed by atoms with Crippen LogP contribution >= 0.6 is 0 Å². The molecule has 292 valence electrons. The van der Waals surface area contributed by atoms with Gasteiger partial charge in [0.1, 0.15) is 17.7 Å². The Bertz CT molecular complexity index is 1970. The maximum atomic E-state index is 13.6. The van der Waals surface area contributed by atoms with E-state index in [0.717, 1.165) is 60.8 Å². The van der Waals surface area contributed by atoms with Crippen LogP contribution in [0, 0.1) is 41.4 Å². The molecule has 2 bridgehead atoms. The lowest BCUT2D eigenvalue weighted by molar-refractivity contribution is -0.135. The van der Waals surface area contributed by atoms with Gasteiger partial charge in [-0.15, -0.1) is 0 Å². The molecule has 5 aliphatic rings. The topological polar surface area (TPSA) is 136 Å². The van der Waals surface area contributed by atoms with Crippen LogP contribution in [-0.2, 0) is 14.3 Å². The van der Waals surface area contributed by atoms with E-state index in [1.165, 1.54) is 36.7 Å². The van der Waals surface area contributed by atoms with Crippen LogP contribution in [0.3, 0.4) is 0 Å². The summed E-state index contributed by atoms with van der Waals surface area (Å²) < 4.78 is 4.79. The average Bonchev–Trinajstić information content (AvgIpc) is 4.03. The highest BCUT2D eigenvalue weighted by atomic mass is 16.5. The summed E-state index contributed by atoms with van der Waals surface area (Å²) >= 11 is 0. The number of ether oxygens (including phenoxy) is 1. The summed E-state index contributed by atoms with van der Waals surface area (Å²) in [5.74, 6) is 4.97. The quantitative estimate of drug-likeness (QED) is 0.193. The van der Waals surface area contributed by atoms with Crippen molar-refractivity contribution in [2.75, 3.05) is 20.2 Å². The fourth-order valence-corrected chi connectivity index (χ4v) is 10.7. The van der Waals surface area contributed by atoms with Crippen molar-refractivity contribution >= 4 is 29.1 Å². The van der Waals surface area contributed by atoms with Gasteiger partial charge in [0.15, 0.2) is 0 Å². The Labute approximate surface area is 324 Å². The van der Waals surface area contributed by atoms with Crippen molar-refractivity contribution in [2.24, 2.45) is 41.4 Å². The minimum atomic E-state index is -0.668. The van der Waals surface area contributed by atoms with Gasteiger partial charge < -0.3 is 29.8 Å². The molecule has 0 spiro atoms. The minimum Gasteiger partial charge on any atom is -0.453 e. The maximum absolute atomic E-state index is 13.6. The Morgan fingerprint density at radius 2 is 1.45 bits per heavy atom. The number of rotatable bonds is 10. The van der Waals surface area contributed by atoms with E-state index in [1.807, 2.05) is 36.0 Å². The Hall–Kier alpha value is -4.67. The number of carbonyl (C=O) groups excluding carboxylic acids is 3. The van der Waals surface area contributed by atoms with Gasteiger partial charge in [0.05, 0.1) is 43.0 Å².